The summed E-state index contributed by atoms with van der Waals surface area (Å²) in [5.41, 5.74) is 2.74. The maximum Gasteiger partial charge on any atom is 0.305 e. The van der Waals surface area contributed by atoms with Crippen LogP contribution in [0.2, 0.25) is 0 Å². The van der Waals surface area contributed by atoms with Crippen molar-refractivity contribution in [3.63, 3.8) is 0 Å². The van der Waals surface area contributed by atoms with Gasteiger partial charge in [0, 0.05) is 19.0 Å². The molecule has 0 radical (unpaired) electrons. The van der Waals surface area contributed by atoms with Crippen molar-refractivity contribution in [3.05, 3.63) is 63.3 Å². The van der Waals surface area contributed by atoms with Gasteiger partial charge in [-0.05, 0) is 49.9 Å². The SMILES string of the molecule is CC(NCCCCCC(=O)NCCc1ccccc1)c1ccc(O)c2[nH]c(=O)sc12.Cl. The first-order valence-electron chi connectivity index (χ1n) is 10.4. The van der Waals surface area contributed by atoms with E-state index in [1.165, 1.54) is 5.56 Å². The van der Waals surface area contributed by atoms with Crippen LogP contribution in [-0.4, -0.2) is 29.1 Å². The number of phenols is 1. The number of H-pyrrole nitrogens is 1. The second-order valence-electron chi connectivity index (χ2n) is 7.46. The third-order valence-corrected chi connectivity index (χ3v) is 6.10. The van der Waals surface area contributed by atoms with Crippen LogP contribution in [0.4, 0.5) is 0 Å². The number of phenolic OH excluding ortho intramolecular Hbond substituents is 1. The highest BCUT2D eigenvalue weighted by Gasteiger charge is 2.14. The highest BCUT2D eigenvalue weighted by Crippen LogP contribution is 2.31. The summed E-state index contributed by atoms with van der Waals surface area (Å²) >= 11 is 1.12. The fourth-order valence-electron chi connectivity index (χ4n) is 3.48. The highest BCUT2D eigenvalue weighted by molar-refractivity contribution is 7.16. The molecule has 3 rings (SSSR count). The number of aromatic amines is 1. The quantitative estimate of drug-likeness (QED) is 0.319. The van der Waals surface area contributed by atoms with Crippen LogP contribution in [0.25, 0.3) is 10.2 Å². The molecule has 0 saturated heterocycles. The van der Waals surface area contributed by atoms with Crippen molar-refractivity contribution in [1.82, 2.24) is 15.6 Å². The number of nitrogens with one attached hydrogen (secondary N) is 3. The molecule has 1 atom stereocenters. The first kappa shape index (κ1) is 24.9. The minimum atomic E-state index is -0.165. The lowest BCUT2D eigenvalue weighted by Gasteiger charge is -2.15. The van der Waals surface area contributed by atoms with Crippen molar-refractivity contribution >= 4 is 39.9 Å². The van der Waals surface area contributed by atoms with Crippen LogP contribution in [0.15, 0.2) is 47.3 Å². The number of thiazole rings is 1. The van der Waals surface area contributed by atoms with Gasteiger partial charge in [-0.1, -0.05) is 54.2 Å². The van der Waals surface area contributed by atoms with Crippen LogP contribution in [0.5, 0.6) is 5.75 Å². The maximum absolute atomic E-state index is 11.9. The molecule has 1 aromatic heterocycles. The molecule has 6 nitrogen and oxygen atoms in total. The summed E-state index contributed by atoms with van der Waals surface area (Å²) in [5, 5.41) is 16.4. The van der Waals surface area contributed by atoms with Crippen LogP contribution in [0, 0.1) is 0 Å². The Hall–Kier alpha value is -2.35. The zero-order valence-corrected chi connectivity index (χ0v) is 19.3. The van der Waals surface area contributed by atoms with E-state index in [-0.39, 0.29) is 35.0 Å². The number of unbranched alkanes of at least 4 members (excludes halogenated alkanes) is 2. The zero-order valence-electron chi connectivity index (χ0n) is 17.6. The molecule has 0 saturated carbocycles. The monoisotopic (exact) mass is 463 g/mol. The predicted molar refractivity (Wildman–Crippen MR) is 129 cm³/mol. The van der Waals surface area contributed by atoms with E-state index in [0.29, 0.717) is 18.5 Å². The van der Waals surface area contributed by atoms with Crippen molar-refractivity contribution in [2.24, 2.45) is 0 Å². The lowest BCUT2D eigenvalue weighted by molar-refractivity contribution is -0.121. The summed E-state index contributed by atoms with van der Waals surface area (Å²) in [7, 11) is 0. The van der Waals surface area contributed by atoms with Gasteiger partial charge in [-0.2, -0.15) is 0 Å². The predicted octanol–water partition coefficient (Wildman–Crippen LogP) is 4.29. The first-order chi connectivity index (χ1) is 14.5. The molecule has 0 aliphatic carbocycles. The Balaban J connectivity index is 0.00000341. The van der Waals surface area contributed by atoms with Gasteiger partial charge in [0.15, 0.2) is 0 Å². The third kappa shape index (κ3) is 7.38. The van der Waals surface area contributed by atoms with Gasteiger partial charge in [0.05, 0.1) is 4.70 Å². The molecule has 31 heavy (non-hydrogen) atoms. The lowest BCUT2D eigenvalue weighted by atomic mass is 10.1. The van der Waals surface area contributed by atoms with Crippen molar-refractivity contribution in [2.75, 3.05) is 13.1 Å². The summed E-state index contributed by atoms with van der Waals surface area (Å²) in [4.78, 5) is 26.1. The average molecular weight is 464 g/mol. The summed E-state index contributed by atoms with van der Waals surface area (Å²) in [5.74, 6) is 0.211. The fraction of sp³-hybridized carbons (Fsp3) is 0.391. The van der Waals surface area contributed by atoms with E-state index in [2.05, 4.69) is 34.7 Å². The number of benzene rings is 2. The number of hydrogen-bond donors (Lipinski definition) is 4. The molecule has 8 heteroatoms. The number of carbonyl (C=O) groups excluding carboxylic acids is 1. The maximum atomic E-state index is 11.9. The fourth-order valence-corrected chi connectivity index (χ4v) is 4.43. The summed E-state index contributed by atoms with van der Waals surface area (Å²) in [6.45, 7) is 3.56. The van der Waals surface area contributed by atoms with Gasteiger partial charge in [0.25, 0.3) is 0 Å². The third-order valence-electron chi connectivity index (χ3n) is 5.16. The van der Waals surface area contributed by atoms with Crippen molar-refractivity contribution < 1.29 is 9.90 Å². The second kappa shape index (κ2) is 12.5. The molecule has 0 fully saturated rings. The van der Waals surface area contributed by atoms with E-state index in [1.807, 2.05) is 24.3 Å². The molecule has 0 spiro atoms. The van der Waals surface area contributed by atoms with E-state index in [1.54, 1.807) is 6.07 Å². The number of carbonyl (C=O) groups is 1. The summed E-state index contributed by atoms with van der Waals surface area (Å²) in [6.07, 6.45) is 4.24. The number of hydrogen-bond acceptors (Lipinski definition) is 5. The first-order valence-corrected chi connectivity index (χ1v) is 11.2. The summed E-state index contributed by atoms with van der Waals surface area (Å²) < 4.78 is 0.798. The molecule has 4 N–H and O–H groups in total. The van der Waals surface area contributed by atoms with Crippen LogP contribution < -0.4 is 15.5 Å². The molecule has 2 aromatic carbocycles. The second-order valence-corrected chi connectivity index (χ2v) is 8.45. The van der Waals surface area contributed by atoms with Gasteiger partial charge in [-0.25, -0.2) is 0 Å². The van der Waals surface area contributed by atoms with Crippen molar-refractivity contribution in [3.8, 4) is 5.75 Å². The number of aromatic nitrogens is 1. The molecule has 0 aliphatic rings. The number of aromatic hydroxyl groups is 1. The summed E-state index contributed by atoms with van der Waals surface area (Å²) in [6, 6.07) is 13.7. The molecular weight excluding hydrogens is 434 g/mol. The van der Waals surface area contributed by atoms with Crippen molar-refractivity contribution in [2.45, 2.75) is 45.1 Å². The van der Waals surface area contributed by atoms with E-state index in [9.17, 15) is 14.7 Å². The van der Waals surface area contributed by atoms with E-state index in [4.69, 9.17) is 0 Å². The topological polar surface area (TPSA) is 94.2 Å². The molecular formula is C23H30ClN3O3S. The van der Waals surface area contributed by atoms with Crippen LogP contribution in [0.1, 0.15) is 49.8 Å². The Labute approximate surface area is 192 Å². The van der Waals surface area contributed by atoms with Gasteiger partial charge >= 0.3 is 4.87 Å². The van der Waals surface area contributed by atoms with Gasteiger partial charge in [0.1, 0.15) is 11.3 Å². The van der Waals surface area contributed by atoms with Gasteiger partial charge in [0.2, 0.25) is 5.91 Å². The molecule has 1 heterocycles. The molecule has 168 valence electrons. The lowest BCUT2D eigenvalue weighted by Crippen LogP contribution is -2.25. The van der Waals surface area contributed by atoms with Crippen LogP contribution in [0.3, 0.4) is 0 Å². The smallest absolute Gasteiger partial charge is 0.305 e. The molecule has 0 bridgehead atoms. The van der Waals surface area contributed by atoms with E-state index >= 15 is 0 Å². The minimum Gasteiger partial charge on any atom is -0.506 e. The molecule has 1 amide bonds. The minimum absolute atomic E-state index is 0. The van der Waals surface area contributed by atoms with Gasteiger partial charge < -0.3 is 20.7 Å². The molecule has 0 aliphatic heterocycles. The Morgan fingerprint density at radius 2 is 1.87 bits per heavy atom. The van der Waals surface area contributed by atoms with Gasteiger partial charge in [-0.15, -0.1) is 12.4 Å². The zero-order chi connectivity index (χ0) is 21.3. The normalized spacial score (nSPS) is 11.8. The van der Waals surface area contributed by atoms with E-state index < -0.39 is 0 Å². The van der Waals surface area contributed by atoms with Crippen LogP contribution >= 0.6 is 23.7 Å². The molecule has 1 unspecified atom stereocenters. The largest absolute Gasteiger partial charge is 0.506 e. The Morgan fingerprint density at radius 1 is 1.10 bits per heavy atom. The average Bonchev–Trinajstić information content (AvgIpc) is 3.13. The number of rotatable bonds is 11. The van der Waals surface area contributed by atoms with Crippen LogP contribution in [-0.2, 0) is 11.2 Å². The Kier molecular flexibility index (Phi) is 10.0. The number of amides is 1. The number of fused-ring (bicyclic) bond motifs is 1. The Bertz CT molecular complexity index is 1020. The molecule has 3 aromatic rings. The Morgan fingerprint density at radius 3 is 2.65 bits per heavy atom. The number of halogens is 1. The van der Waals surface area contributed by atoms with Gasteiger partial charge in [-0.3, -0.25) is 9.59 Å². The van der Waals surface area contributed by atoms with Crippen molar-refractivity contribution in [1.29, 1.82) is 0 Å². The van der Waals surface area contributed by atoms with E-state index in [0.717, 1.165) is 53.8 Å². The highest BCUT2D eigenvalue weighted by atomic mass is 35.5. The standard InChI is InChI=1S/C23H29N3O3S.ClH/c1-16(18-11-12-19(27)21-22(18)30-23(29)26-21)24-14-7-3-6-10-20(28)25-15-13-17-8-4-2-5-9-17;/h2,4-5,8-9,11-12,16,24,27H,3,6-7,10,13-15H2,1H3,(H,25,28)(H,26,29);1H.